The van der Waals surface area contributed by atoms with Crippen LogP contribution in [-0.4, -0.2) is 24.8 Å². The van der Waals surface area contributed by atoms with E-state index in [0.29, 0.717) is 18.2 Å². The van der Waals surface area contributed by atoms with Crippen LogP contribution in [0.15, 0.2) is 35.3 Å². The van der Waals surface area contributed by atoms with Crippen molar-refractivity contribution in [3.8, 4) is 11.5 Å². The lowest BCUT2D eigenvalue weighted by Gasteiger charge is -2.17. The molecule has 2 aromatic rings. The minimum atomic E-state index is -4.80. The minimum Gasteiger partial charge on any atom is -0.457 e. The third-order valence-corrected chi connectivity index (χ3v) is 4.37. The normalized spacial score (nSPS) is 12.5. The summed E-state index contributed by atoms with van der Waals surface area (Å²) >= 11 is 5.54. The first kappa shape index (κ1) is 23.9. The SMILES string of the molecule is CCCN(C)C=Nc1cc(C(F)(F)F)c(Oc2ccc(Cl)c(C(F)(F)F)c2)cc1C. The van der Waals surface area contributed by atoms with Crippen LogP contribution in [0.4, 0.5) is 32.0 Å². The molecule has 2 rings (SSSR count). The molecule has 0 aromatic heterocycles. The number of halogens is 7. The van der Waals surface area contributed by atoms with E-state index in [4.69, 9.17) is 16.3 Å². The Kier molecular flexibility index (Phi) is 7.28. The molecule has 0 unspecified atom stereocenters. The Labute approximate surface area is 174 Å². The maximum Gasteiger partial charge on any atom is 0.420 e. The molecule has 3 nitrogen and oxygen atoms in total. The van der Waals surface area contributed by atoms with Gasteiger partial charge in [-0.3, -0.25) is 0 Å². The second-order valence-electron chi connectivity index (χ2n) is 6.60. The smallest absolute Gasteiger partial charge is 0.420 e. The molecule has 0 saturated heterocycles. The molecule has 164 valence electrons. The predicted molar refractivity (Wildman–Crippen MR) is 104 cm³/mol. The van der Waals surface area contributed by atoms with Crippen molar-refractivity contribution in [1.82, 2.24) is 4.90 Å². The van der Waals surface area contributed by atoms with Gasteiger partial charge in [0.15, 0.2) is 0 Å². The Morgan fingerprint density at radius 2 is 1.67 bits per heavy atom. The number of alkyl halides is 6. The van der Waals surface area contributed by atoms with E-state index in [1.165, 1.54) is 13.3 Å². The van der Waals surface area contributed by atoms with Crippen LogP contribution < -0.4 is 4.74 Å². The van der Waals surface area contributed by atoms with Crippen LogP contribution in [0.2, 0.25) is 5.02 Å². The highest BCUT2D eigenvalue weighted by Crippen LogP contribution is 2.43. The lowest BCUT2D eigenvalue weighted by Crippen LogP contribution is -2.16. The van der Waals surface area contributed by atoms with Gasteiger partial charge in [-0.05, 0) is 49.2 Å². The number of aryl methyl sites for hydroxylation is 1. The first-order valence-corrected chi connectivity index (χ1v) is 9.21. The van der Waals surface area contributed by atoms with Crippen molar-refractivity contribution in [2.24, 2.45) is 4.99 Å². The fourth-order valence-electron chi connectivity index (χ4n) is 2.60. The van der Waals surface area contributed by atoms with Crippen molar-refractivity contribution in [2.75, 3.05) is 13.6 Å². The second-order valence-corrected chi connectivity index (χ2v) is 7.01. The van der Waals surface area contributed by atoms with Crippen molar-refractivity contribution >= 4 is 23.6 Å². The lowest BCUT2D eigenvalue weighted by atomic mass is 10.1. The number of benzene rings is 2. The van der Waals surface area contributed by atoms with Crippen LogP contribution in [0, 0.1) is 6.92 Å². The van der Waals surface area contributed by atoms with Crippen molar-refractivity contribution in [2.45, 2.75) is 32.6 Å². The topological polar surface area (TPSA) is 24.8 Å². The molecule has 2 aromatic carbocycles. The van der Waals surface area contributed by atoms with E-state index in [1.807, 2.05) is 6.92 Å². The van der Waals surface area contributed by atoms with Gasteiger partial charge in [-0.15, -0.1) is 0 Å². The zero-order valence-corrected chi connectivity index (χ0v) is 17.1. The molecule has 0 atom stereocenters. The maximum atomic E-state index is 13.6. The number of hydrogen-bond donors (Lipinski definition) is 0. The molecule has 0 aliphatic heterocycles. The van der Waals surface area contributed by atoms with Gasteiger partial charge < -0.3 is 9.64 Å². The molecule has 0 spiro atoms. The molecule has 0 bridgehead atoms. The van der Waals surface area contributed by atoms with E-state index in [2.05, 4.69) is 4.99 Å². The Balaban J connectivity index is 2.47. The quantitative estimate of drug-likeness (QED) is 0.258. The van der Waals surface area contributed by atoms with Gasteiger partial charge in [-0.2, -0.15) is 26.3 Å². The van der Waals surface area contributed by atoms with Crippen molar-refractivity contribution in [1.29, 1.82) is 0 Å². The molecule has 0 heterocycles. The number of ether oxygens (including phenoxy) is 1. The van der Waals surface area contributed by atoms with Crippen LogP contribution in [-0.2, 0) is 12.4 Å². The monoisotopic (exact) mass is 452 g/mol. The summed E-state index contributed by atoms with van der Waals surface area (Å²) in [5, 5.41) is -0.581. The fourth-order valence-corrected chi connectivity index (χ4v) is 2.82. The molecule has 0 radical (unpaired) electrons. The van der Waals surface area contributed by atoms with Crippen LogP contribution in [0.1, 0.15) is 30.0 Å². The van der Waals surface area contributed by atoms with E-state index >= 15 is 0 Å². The lowest BCUT2D eigenvalue weighted by molar-refractivity contribution is -0.139. The molecular formula is C20H19ClF6N2O. The first-order chi connectivity index (χ1) is 13.8. The summed E-state index contributed by atoms with van der Waals surface area (Å²) in [4.78, 5) is 5.81. The van der Waals surface area contributed by atoms with Crippen molar-refractivity contribution in [3.63, 3.8) is 0 Å². The van der Waals surface area contributed by atoms with Crippen LogP contribution in [0.5, 0.6) is 11.5 Å². The van der Waals surface area contributed by atoms with Gasteiger partial charge in [0.2, 0.25) is 0 Å². The summed E-state index contributed by atoms with van der Waals surface area (Å²) in [7, 11) is 1.74. The highest BCUT2D eigenvalue weighted by Gasteiger charge is 2.36. The predicted octanol–water partition coefficient (Wildman–Crippen LogP) is 7.48. The van der Waals surface area contributed by atoms with E-state index in [-0.39, 0.29) is 5.69 Å². The zero-order valence-electron chi connectivity index (χ0n) is 16.3. The first-order valence-electron chi connectivity index (χ1n) is 8.83. The van der Waals surface area contributed by atoms with Gasteiger partial charge in [-0.25, -0.2) is 4.99 Å². The van der Waals surface area contributed by atoms with Crippen molar-refractivity contribution in [3.05, 3.63) is 52.0 Å². The Morgan fingerprint density at radius 3 is 2.23 bits per heavy atom. The van der Waals surface area contributed by atoms with Crippen LogP contribution >= 0.6 is 11.6 Å². The van der Waals surface area contributed by atoms with Crippen LogP contribution in [0.25, 0.3) is 0 Å². The van der Waals surface area contributed by atoms with E-state index in [9.17, 15) is 26.3 Å². The minimum absolute atomic E-state index is 0.0738. The molecular weight excluding hydrogens is 434 g/mol. The molecule has 0 amide bonds. The average molecular weight is 453 g/mol. The summed E-state index contributed by atoms with van der Waals surface area (Å²) in [5.41, 5.74) is -1.91. The zero-order chi connectivity index (χ0) is 22.7. The second kappa shape index (κ2) is 9.16. The molecule has 0 aliphatic carbocycles. The number of hydrogen-bond acceptors (Lipinski definition) is 2. The van der Waals surface area contributed by atoms with Gasteiger partial charge in [0.1, 0.15) is 17.1 Å². The van der Waals surface area contributed by atoms with Gasteiger partial charge in [0.25, 0.3) is 0 Å². The third kappa shape index (κ3) is 6.04. The van der Waals surface area contributed by atoms with Gasteiger partial charge in [0.05, 0.1) is 22.6 Å². The number of nitrogens with zero attached hydrogens (tertiary/aromatic N) is 2. The van der Waals surface area contributed by atoms with Gasteiger partial charge in [-0.1, -0.05) is 18.5 Å². The Bertz CT molecular complexity index is 925. The van der Waals surface area contributed by atoms with Gasteiger partial charge in [0, 0.05) is 13.6 Å². The molecule has 0 aliphatic rings. The highest BCUT2D eigenvalue weighted by molar-refractivity contribution is 6.31. The van der Waals surface area contributed by atoms with Crippen molar-refractivity contribution < 1.29 is 31.1 Å². The Morgan fingerprint density at radius 1 is 1.03 bits per heavy atom. The molecule has 0 saturated carbocycles. The summed E-state index contributed by atoms with van der Waals surface area (Å²) in [6.07, 6.45) is -7.32. The number of rotatable bonds is 6. The largest absolute Gasteiger partial charge is 0.457 e. The standard InChI is InChI=1S/C20H19ClF6N2O/c1-4-7-29(3)11-28-17-10-15(20(25,26)27)18(8-12(17)2)30-13-5-6-16(21)14(9-13)19(22,23)24/h5-6,8-11H,4,7H2,1-3H3. The Hall–Kier alpha value is -2.42. The van der Waals surface area contributed by atoms with E-state index < -0.39 is 40.0 Å². The van der Waals surface area contributed by atoms with E-state index in [1.54, 1.807) is 11.9 Å². The van der Waals surface area contributed by atoms with Gasteiger partial charge >= 0.3 is 12.4 Å². The summed E-state index contributed by atoms with van der Waals surface area (Å²) in [5.74, 6) is -1.05. The molecule has 0 N–H and O–H groups in total. The fraction of sp³-hybridized carbons (Fsp3) is 0.350. The molecule has 10 heteroatoms. The van der Waals surface area contributed by atoms with Crippen LogP contribution in [0.3, 0.4) is 0 Å². The molecule has 30 heavy (non-hydrogen) atoms. The summed E-state index contributed by atoms with van der Waals surface area (Å²) in [6.45, 7) is 4.15. The average Bonchev–Trinajstić information content (AvgIpc) is 2.61. The third-order valence-electron chi connectivity index (χ3n) is 4.04. The van der Waals surface area contributed by atoms with E-state index in [0.717, 1.165) is 30.7 Å². The maximum absolute atomic E-state index is 13.6. The summed E-state index contributed by atoms with van der Waals surface area (Å²) < 4.78 is 85.0. The molecule has 0 fully saturated rings. The summed E-state index contributed by atoms with van der Waals surface area (Å²) in [6, 6.07) is 4.45. The number of aliphatic imine (C=N–C) groups is 1. The highest BCUT2D eigenvalue weighted by atomic mass is 35.5.